The first-order valence-electron chi connectivity index (χ1n) is 7.75. The molecular weight excluding hydrogens is 320 g/mol. The highest BCUT2D eigenvalue weighted by Crippen LogP contribution is 2.30. The number of rotatable bonds is 4. The molecule has 0 atom stereocenters. The monoisotopic (exact) mass is 340 g/mol. The largest absolute Gasteiger partial charge is 0.496 e. The number of aromatic nitrogens is 2. The Balaban J connectivity index is 1.91. The lowest BCUT2D eigenvalue weighted by atomic mass is 10.0. The first-order valence-corrected chi connectivity index (χ1v) is 8.63. The van der Waals surface area contributed by atoms with Gasteiger partial charge in [0.05, 0.1) is 19.3 Å². The lowest BCUT2D eigenvalue weighted by molar-refractivity contribution is 0.411. The Hall–Kier alpha value is -2.40. The Kier molecular flexibility index (Phi) is 4.53. The number of benzene rings is 1. The summed E-state index contributed by atoms with van der Waals surface area (Å²) in [5, 5.41) is 2.96. The molecule has 0 aliphatic carbocycles. The van der Waals surface area contributed by atoms with Crippen LogP contribution in [-0.4, -0.2) is 16.7 Å². The van der Waals surface area contributed by atoms with Crippen LogP contribution < -0.4 is 10.3 Å². The summed E-state index contributed by atoms with van der Waals surface area (Å²) < 4.78 is 7.05. The van der Waals surface area contributed by atoms with Gasteiger partial charge in [0, 0.05) is 23.2 Å². The molecule has 0 N–H and O–H groups in total. The number of hydrogen-bond donors (Lipinski definition) is 0. The van der Waals surface area contributed by atoms with Crippen molar-refractivity contribution in [3.05, 3.63) is 67.9 Å². The molecule has 2 aromatic heterocycles. The Morgan fingerprint density at radius 2 is 1.96 bits per heavy atom. The lowest BCUT2D eigenvalue weighted by Crippen LogP contribution is -2.19. The van der Waals surface area contributed by atoms with Gasteiger partial charge in [-0.05, 0) is 55.7 Å². The SMILES string of the molecule is COc1cc(C)c(-c2csc(Cn3ccc(C)cc3=O)n2)cc1C. The van der Waals surface area contributed by atoms with Crippen LogP contribution in [0.25, 0.3) is 11.3 Å². The van der Waals surface area contributed by atoms with Crippen LogP contribution in [0.4, 0.5) is 0 Å². The van der Waals surface area contributed by atoms with Crippen LogP contribution in [0, 0.1) is 20.8 Å². The molecule has 1 aromatic carbocycles. The van der Waals surface area contributed by atoms with E-state index in [-0.39, 0.29) is 5.56 Å². The van der Waals surface area contributed by atoms with Gasteiger partial charge in [0.25, 0.3) is 5.56 Å². The number of thiazole rings is 1. The molecule has 3 aromatic rings. The van der Waals surface area contributed by atoms with Crippen LogP contribution >= 0.6 is 11.3 Å². The molecule has 0 bridgehead atoms. The highest BCUT2D eigenvalue weighted by Gasteiger charge is 2.11. The molecule has 0 aliphatic heterocycles. The second-order valence-corrected chi connectivity index (χ2v) is 6.88. The minimum Gasteiger partial charge on any atom is -0.496 e. The zero-order valence-corrected chi connectivity index (χ0v) is 15.1. The smallest absolute Gasteiger partial charge is 0.251 e. The predicted octanol–water partition coefficient (Wildman–Crippen LogP) is 3.95. The first kappa shape index (κ1) is 16.5. The number of pyridine rings is 1. The molecule has 4 nitrogen and oxygen atoms in total. The van der Waals surface area contributed by atoms with Gasteiger partial charge in [-0.3, -0.25) is 4.79 Å². The van der Waals surface area contributed by atoms with Crippen molar-refractivity contribution in [3.63, 3.8) is 0 Å². The van der Waals surface area contributed by atoms with E-state index in [1.54, 1.807) is 29.1 Å². The summed E-state index contributed by atoms with van der Waals surface area (Å²) in [5.74, 6) is 0.887. The molecule has 0 aliphatic rings. The molecule has 0 fully saturated rings. The highest BCUT2D eigenvalue weighted by molar-refractivity contribution is 7.09. The Morgan fingerprint density at radius 3 is 2.67 bits per heavy atom. The molecule has 124 valence electrons. The number of nitrogens with zero attached hydrogens (tertiary/aromatic N) is 2. The van der Waals surface area contributed by atoms with Gasteiger partial charge in [0.15, 0.2) is 0 Å². The predicted molar refractivity (Wildman–Crippen MR) is 98.1 cm³/mol. The molecule has 0 spiro atoms. The van der Waals surface area contributed by atoms with E-state index in [0.29, 0.717) is 6.54 Å². The molecular formula is C19H20N2O2S. The van der Waals surface area contributed by atoms with Gasteiger partial charge in [-0.25, -0.2) is 4.98 Å². The quantitative estimate of drug-likeness (QED) is 0.722. The summed E-state index contributed by atoms with van der Waals surface area (Å²) in [6.07, 6.45) is 1.82. The maximum Gasteiger partial charge on any atom is 0.251 e. The van der Waals surface area contributed by atoms with Crippen LogP contribution in [0.15, 0.2) is 40.6 Å². The summed E-state index contributed by atoms with van der Waals surface area (Å²) in [6.45, 7) is 6.50. The third-order valence-electron chi connectivity index (χ3n) is 4.03. The lowest BCUT2D eigenvalue weighted by Gasteiger charge is -2.09. The maximum absolute atomic E-state index is 12.0. The second-order valence-electron chi connectivity index (χ2n) is 5.93. The maximum atomic E-state index is 12.0. The van der Waals surface area contributed by atoms with Crippen molar-refractivity contribution < 1.29 is 4.74 Å². The second kappa shape index (κ2) is 6.61. The van der Waals surface area contributed by atoms with Crippen molar-refractivity contribution in [2.45, 2.75) is 27.3 Å². The molecule has 0 saturated carbocycles. The van der Waals surface area contributed by atoms with E-state index in [1.165, 1.54) is 0 Å². The Bertz CT molecular complexity index is 941. The van der Waals surface area contributed by atoms with Gasteiger partial charge in [-0.1, -0.05) is 0 Å². The number of hydrogen-bond acceptors (Lipinski definition) is 4. The van der Waals surface area contributed by atoms with E-state index >= 15 is 0 Å². The number of methoxy groups -OCH3 is 1. The van der Waals surface area contributed by atoms with E-state index in [9.17, 15) is 4.79 Å². The minimum absolute atomic E-state index is 0.00298. The zero-order valence-electron chi connectivity index (χ0n) is 14.3. The molecule has 5 heteroatoms. The van der Waals surface area contributed by atoms with Gasteiger partial charge in [-0.15, -0.1) is 11.3 Å². The summed E-state index contributed by atoms with van der Waals surface area (Å²) >= 11 is 1.57. The highest BCUT2D eigenvalue weighted by atomic mass is 32.1. The minimum atomic E-state index is 0.00298. The summed E-state index contributed by atoms with van der Waals surface area (Å²) in [7, 11) is 1.68. The standard InChI is InChI=1S/C19H20N2O2S/c1-12-5-6-21(19(22)7-12)10-18-20-16(11-24-18)15-8-14(3)17(23-4)9-13(15)2/h5-9,11H,10H2,1-4H3. The molecule has 3 rings (SSSR count). The fourth-order valence-corrected chi connectivity index (χ4v) is 3.47. The van der Waals surface area contributed by atoms with Crippen LogP contribution in [0.2, 0.25) is 0 Å². The topological polar surface area (TPSA) is 44.1 Å². The van der Waals surface area contributed by atoms with Gasteiger partial charge >= 0.3 is 0 Å². The van der Waals surface area contributed by atoms with E-state index in [2.05, 4.69) is 13.0 Å². The van der Waals surface area contributed by atoms with Crippen LogP contribution in [-0.2, 0) is 6.54 Å². The molecule has 0 amide bonds. The fourth-order valence-electron chi connectivity index (χ4n) is 2.68. The Morgan fingerprint density at radius 1 is 1.17 bits per heavy atom. The van der Waals surface area contributed by atoms with Crippen molar-refractivity contribution in [2.24, 2.45) is 0 Å². The van der Waals surface area contributed by atoms with Crippen molar-refractivity contribution in [1.82, 2.24) is 9.55 Å². The molecule has 0 saturated heterocycles. The number of aryl methyl sites for hydroxylation is 3. The average molecular weight is 340 g/mol. The molecule has 2 heterocycles. The third-order valence-corrected chi connectivity index (χ3v) is 4.86. The fraction of sp³-hybridized carbons (Fsp3) is 0.263. The first-order chi connectivity index (χ1) is 11.5. The van der Waals surface area contributed by atoms with Crippen LogP contribution in [0.5, 0.6) is 5.75 Å². The van der Waals surface area contributed by atoms with E-state index in [4.69, 9.17) is 9.72 Å². The molecule has 0 unspecified atom stereocenters. The van der Waals surface area contributed by atoms with E-state index in [0.717, 1.165) is 38.7 Å². The molecule has 24 heavy (non-hydrogen) atoms. The van der Waals surface area contributed by atoms with E-state index in [1.807, 2.05) is 37.6 Å². The zero-order chi connectivity index (χ0) is 17.3. The van der Waals surface area contributed by atoms with Crippen LogP contribution in [0.3, 0.4) is 0 Å². The summed E-state index contributed by atoms with van der Waals surface area (Å²) in [5.41, 5.74) is 5.23. The van der Waals surface area contributed by atoms with Gasteiger partial charge < -0.3 is 9.30 Å². The van der Waals surface area contributed by atoms with Crippen molar-refractivity contribution in [3.8, 4) is 17.0 Å². The third kappa shape index (κ3) is 3.26. The number of ether oxygens (including phenoxy) is 1. The Labute approximate surface area is 145 Å². The molecule has 0 radical (unpaired) electrons. The van der Waals surface area contributed by atoms with Crippen molar-refractivity contribution >= 4 is 11.3 Å². The van der Waals surface area contributed by atoms with Crippen molar-refractivity contribution in [2.75, 3.05) is 7.11 Å². The van der Waals surface area contributed by atoms with Gasteiger partial charge in [0.1, 0.15) is 10.8 Å². The van der Waals surface area contributed by atoms with Gasteiger partial charge in [-0.2, -0.15) is 0 Å². The summed E-state index contributed by atoms with van der Waals surface area (Å²) in [4.78, 5) is 16.7. The normalized spacial score (nSPS) is 10.8. The van der Waals surface area contributed by atoms with E-state index < -0.39 is 0 Å². The van der Waals surface area contributed by atoms with Crippen molar-refractivity contribution in [1.29, 1.82) is 0 Å². The van der Waals surface area contributed by atoms with Gasteiger partial charge in [0.2, 0.25) is 0 Å². The summed E-state index contributed by atoms with van der Waals surface area (Å²) in [6, 6.07) is 7.72. The van der Waals surface area contributed by atoms with Crippen LogP contribution in [0.1, 0.15) is 21.7 Å². The average Bonchev–Trinajstić information content (AvgIpc) is 3.00.